The minimum Gasteiger partial charge on any atom is -0.493 e. The van der Waals surface area contributed by atoms with Gasteiger partial charge in [-0.1, -0.05) is 38.2 Å². The maximum atomic E-state index is 13.1. The van der Waals surface area contributed by atoms with Gasteiger partial charge in [0.05, 0.1) is 18.7 Å². The number of hydrogen-bond acceptors (Lipinski definition) is 5. The fourth-order valence-corrected chi connectivity index (χ4v) is 4.67. The molecular weight excluding hydrogens is 416 g/mol. The second-order valence-corrected chi connectivity index (χ2v) is 9.10. The number of hydrogen-bond donors (Lipinski definition) is 0. The van der Waals surface area contributed by atoms with Crippen LogP contribution >= 0.6 is 0 Å². The monoisotopic (exact) mass is 450 g/mol. The Balaban J connectivity index is 1.26. The lowest BCUT2D eigenvalue weighted by atomic mass is 9.92. The third-order valence-electron chi connectivity index (χ3n) is 6.66. The van der Waals surface area contributed by atoms with Gasteiger partial charge in [-0.2, -0.15) is 0 Å². The van der Waals surface area contributed by atoms with Gasteiger partial charge in [-0.15, -0.1) is 0 Å². The number of carbonyl (C=O) groups is 2. The lowest BCUT2D eigenvalue weighted by molar-refractivity contribution is -0.132. The molecule has 2 aliphatic rings. The zero-order valence-corrected chi connectivity index (χ0v) is 19.3. The Kier molecular flexibility index (Phi) is 8.28. The number of nitrogens with zero attached hydrogens (tertiary/aromatic N) is 4. The van der Waals surface area contributed by atoms with E-state index in [0.29, 0.717) is 43.4 Å². The highest BCUT2D eigenvalue weighted by Gasteiger charge is 2.25. The van der Waals surface area contributed by atoms with Crippen molar-refractivity contribution in [2.24, 2.45) is 5.92 Å². The van der Waals surface area contributed by atoms with Crippen LogP contribution in [0.15, 0.2) is 42.9 Å². The van der Waals surface area contributed by atoms with Crippen LogP contribution in [0.4, 0.5) is 0 Å². The third kappa shape index (κ3) is 6.76. The zero-order valence-electron chi connectivity index (χ0n) is 19.3. The molecule has 4 rings (SSSR count). The molecule has 2 heterocycles. The van der Waals surface area contributed by atoms with Gasteiger partial charge in [-0.25, -0.2) is 0 Å². The predicted octanol–water partition coefficient (Wildman–Crippen LogP) is 3.74. The standard InChI is InChI=1S/C26H34N4O3/c31-25(18-23-19-27-11-12-28-23)29-13-15-30(16-14-29)26(32)22-9-6-10-24(17-22)33-20-21-7-4-2-1-3-5-8-21/h6,9-12,17,19,21H,1-5,7-8,13-16,18,20H2. The van der Waals surface area contributed by atoms with Crippen LogP contribution in [0.2, 0.25) is 0 Å². The first kappa shape index (κ1) is 23.2. The molecule has 1 aliphatic carbocycles. The molecule has 7 heteroatoms. The Morgan fingerprint density at radius 1 is 0.939 bits per heavy atom. The van der Waals surface area contributed by atoms with Crippen LogP contribution < -0.4 is 4.74 Å². The summed E-state index contributed by atoms with van der Waals surface area (Å²) in [5.74, 6) is 1.39. The molecule has 1 aromatic carbocycles. The first-order valence-electron chi connectivity index (χ1n) is 12.2. The summed E-state index contributed by atoms with van der Waals surface area (Å²) in [4.78, 5) is 37.4. The van der Waals surface area contributed by atoms with E-state index in [2.05, 4.69) is 9.97 Å². The predicted molar refractivity (Wildman–Crippen MR) is 126 cm³/mol. The normalized spacial score (nSPS) is 17.8. The van der Waals surface area contributed by atoms with Crippen molar-refractivity contribution in [3.05, 3.63) is 54.1 Å². The van der Waals surface area contributed by atoms with Crippen LogP contribution in [0, 0.1) is 5.92 Å². The molecule has 2 amide bonds. The molecule has 1 aliphatic heterocycles. The molecule has 1 saturated carbocycles. The molecule has 0 unspecified atom stereocenters. The van der Waals surface area contributed by atoms with E-state index in [9.17, 15) is 9.59 Å². The Morgan fingerprint density at radius 2 is 1.67 bits per heavy atom. The number of piperazine rings is 1. The molecule has 0 N–H and O–H groups in total. The maximum absolute atomic E-state index is 13.1. The summed E-state index contributed by atoms with van der Waals surface area (Å²) < 4.78 is 6.09. The van der Waals surface area contributed by atoms with Gasteiger partial charge in [-0.3, -0.25) is 19.6 Å². The molecule has 0 bridgehead atoms. The van der Waals surface area contributed by atoms with Crippen LogP contribution in [0.25, 0.3) is 0 Å². The maximum Gasteiger partial charge on any atom is 0.254 e. The van der Waals surface area contributed by atoms with Gasteiger partial charge < -0.3 is 14.5 Å². The van der Waals surface area contributed by atoms with Crippen LogP contribution in [0.1, 0.15) is 61.0 Å². The zero-order chi connectivity index (χ0) is 22.9. The van der Waals surface area contributed by atoms with Gasteiger partial charge in [0.2, 0.25) is 5.91 Å². The summed E-state index contributed by atoms with van der Waals surface area (Å²) in [7, 11) is 0. The summed E-state index contributed by atoms with van der Waals surface area (Å²) in [5, 5.41) is 0. The third-order valence-corrected chi connectivity index (χ3v) is 6.66. The molecule has 7 nitrogen and oxygen atoms in total. The van der Waals surface area contributed by atoms with Crippen LogP contribution in [0.5, 0.6) is 5.75 Å². The van der Waals surface area contributed by atoms with E-state index in [1.165, 1.54) is 44.9 Å². The lowest BCUT2D eigenvalue weighted by Crippen LogP contribution is -2.51. The SMILES string of the molecule is O=C(Cc1cnccn1)N1CCN(C(=O)c2cccc(OCC3CCCCCCC3)c2)CC1. The minimum atomic E-state index is -0.00701. The number of benzene rings is 1. The molecule has 0 spiro atoms. The summed E-state index contributed by atoms with van der Waals surface area (Å²) in [5.41, 5.74) is 1.31. The van der Waals surface area contributed by atoms with Crippen molar-refractivity contribution in [2.75, 3.05) is 32.8 Å². The number of carbonyl (C=O) groups excluding carboxylic acids is 2. The quantitative estimate of drug-likeness (QED) is 0.670. The van der Waals surface area contributed by atoms with Gasteiger partial charge in [-0.05, 0) is 37.0 Å². The summed E-state index contributed by atoms with van der Waals surface area (Å²) in [6.07, 6.45) is 14.1. The van der Waals surface area contributed by atoms with Gasteiger partial charge in [0.1, 0.15) is 5.75 Å². The number of aromatic nitrogens is 2. The number of ether oxygens (including phenoxy) is 1. The molecule has 1 aromatic heterocycles. The van der Waals surface area contributed by atoms with Crippen molar-refractivity contribution in [3.63, 3.8) is 0 Å². The first-order chi connectivity index (χ1) is 16.2. The lowest BCUT2D eigenvalue weighted by Gasteiger charge is -2.34. The molecular formula is C26H34N4O3. The summed E-state index contributed by atoms with van der Waals surface area (Å²) in [6.45, 7) is 2.84. The highest BCUT2D eigenvalue weighted by molar-refractivity contribution is 5.94. The van der Waals surface area contributed by atoms with Crippen molar-refractivity contribution >= 4 is 11.8 Å². The van der Waals surface area contributed by atoms with E-state index in [-0.39, 0.29) is 18.2 Å². The van der Waals surface area contributed by atoms with Crippen molar-refractivity contribution < 1.29 is 14.3 Å². The van der Waals surface area contributed by atoms with E-state index < -0.39 is 0 Å². The number of rotatable bonds is 6. The van der Waals surface area contributed by atoms with E-state index in [0.717, 1.165) is 12.4 Å². The fourth-order valence-electron chi connectivity index (χ4n) is 4.67. The average molecular weight is 451 g/mol. The topological polar surface area (TPSA) is 75.6 Å². The van der Waals surface area contributed by atoms with E-state index in [1.807, 2.05) is 29.2 Å². The van der Waals surface area contributed by atoms with Gasteiger partial charge >= 0.3 is 0 Å². The number of amides is 2. The van der Waals surface area contributed by atoms with Crippen molar-refractivity contribution in [1.82, 2.24) is 19.8 Å². The molecule has 2 aromatic rings. The highest BCUT2D eigenvalue weighted by atomic mass is 16.5. The van der Waals surface area contributed by atoms with Gasteiger partial charge in [0.15, 0.2) is 0 Å². The summed E-state index contributed by atoms with van der Waals surface area (Å²) in [6, 6.07) is 7.53. The average Bonchev–Trinajstić information content (AvgIpc) is 2.84. The molecule has 2 fully saturated rings. The molecule has 176 valence electrons. The Bertz CT molecular complexity index is 905. The molecule has 1 saturated heterocycles. The van der Waals surface area contributed by atoms with E-state index >= 15 is 0 Å². The Labute approximate surface area is 196 Å². The van der Waals surface area contributed by atoms with Crippen molar-refractivity contribution in [2.45, 2.75) is 51.4 Å². The van der Waals surface area contributed by atoms with Gasteiger partial charge in [0.25, 0.3) is 5.91 Å². The summed E-state index contributed by atoms with van der Waals surface area (Å²) >= 11 is 0. The minimum absolute atomic E-state index is 0.00701. The second-order valence-electron chi connectivity index (χ2n) is 9.10. The van der Waals surface area contributed by atoms with E-state index in [1.54, 1.807) is 23.5 Å². The van der Waals surface area contributed by atoms with Crippen LogP contribution in [0.3, 0.4) is 0 Å². The second kappa shape index (κ2) is 11.8. The molecule has 0 radical (unpaired) electrons. The smallest absolute Gasteiger partial charge is 0.254 e. The molecule has 0 atom stereocenters. The van der Waals surface area contributed by atoms with Crippen molar-refractivity contribution in [1.29, 1.82) is 0 Å². The van der Waals surface area contributed by atoms with Crippen molar-refractivity contribution in [3.8, 4) is 5.75 Å². The Hall–Kier alpha value is -2.96. The highest BCUT2D eigenvalue weighted by Crippen LogP contribution is 2.24. The fraction of sp³-hybridized carbons (Fsp3) is 0.538. The molecule has 33 heavy (non-hydrogen) atoms. The van der Waals surface area contributed by atoms with Gasteiger partial charge in [0, 0.05) is 50.3 Å². The van der Waals surface area contributed by atoms with Crippen LogP contribution in [-0.4, -0.2) is 64.4 Å². The Morgan fingerprint density at radius 3 is 2.39 bits per heavy atom. The van der Waals surface area contributed by atoms with Crippen LogP contribution in [-0.2, 0) is 11.2 Å². The van der Waals surface area contributed by atoms with E-state index in [4.69, 9.17) is 4.74 Å². The largest absolute Gasteiger partial charge is 0.493 e. The first-order valence-corrected chi connectivity index (χ1v) is 12.2.